The van der Waals surface area contributed by atoms with Gasteiger partial charge in [-0.2, -0.15) is 0 Å². The van der Waals surface area contributed by atoms with Crippen LogP contribution in [0, 0.1) is 5.92 Å². The predicted molar refractivity (Wildman–Crippen MR) is 74.6 cm³/mol. The molecule has 4 heteroatoms. The summed E-state index contributed by atoms with van der Waals surface area (Å²) in [5.41, 5.74) is 5.92. The molecule has 1 fully saturated rings. The van der Waals surface area contributed by atoms with E-state index < -0.39 is 0 Å². The Hall–Kier alpha value is -1.29. The van der Waals surface area contributed by atoms with Gasteiger partial charge in [-0.3, -0.25) is 4.79 Å². The van der Waals surface area contributed by atoms with Gasteiger partial charge in [0.1, 0.15) is 5.76 Å². The van der Waals surface area contributed by atoms with Gasteiger partial charge in [0.2, 0.25) is 5.91 Å². The van der Waals surface area contributed by atoms with Crippen LogP contribution < -0.4 is 11.1 Å². The van der Waals surface area contributed by atoms with Crippen molar-refractivity contribution in [3.63, 3.8) is 0 Å². The molecule has 0 bridgehead atoms. The third-order valence-electron chi connectivity index (χ3n) is 3.88. The molecule has 3 N–H and O–H groups in total. The zero-order valence-corrected chi connectivity index (χ0v) is 11.6. The monoisotopic (exact) mass is 264 g/mol. The molecule has 1 aliphatic rings. The summed E-state index contributed by atoms with van der Waals surface area (Å²) >= 11 is 0. The van der Waals surface area contributed by atoms with Crippen LogP contribution in [0.5, 0.6) is 0 Å². The summed E-state index contributed by atoms with van der Waals surface area (Å²) in [6, 6.07) is 4.23. The molecule has 0 aliphatic heterocycles. The topological polar surface area (TPSA) is 68.3 Å². The number of hydrogen-bond donors (Lipinski definition) is 2. The van der Waals surface area contributed by atoms with E-state index in [0.29, 0.717) is 0 Å². The molecule has 106 valence electrons. The van der Waals surface area contributed by atoms with Crippen LogP contribution in [-0.4, -0.2) is 18.0 Å². The second kappa shape index (κ2) is 6.75. The fourth-order valence-corrected chi connectivity index (χ4v) is 2.71. The van der Waals surface area contributed by atoms with E-state index in [2.05, 4.69) is 5.32 Å². The van der Waals surface area contributed by atoms with Crippen molar-refractivity contribution in [3.05, 3.63) is 24.2 Å². The SMILES string of the molecule is CC(CCc1ccco1)NC(=O)C1CCCC(N)C1. The number of nitrogens with one attached hydrogen (secondary N) is 1. The van der Waals surface area contributed by atoms with Gasteiger partial charge in [0.15, 0.2) is 0 Å². The summed E-state index contributed by atoms with van der Waals surface area (Å²) in [6.07, 6.45) is 7.37. The summed E-state index contributed by atoms with van der Waals surface area (Å²) in [5.74, 6) is 1.25. The first kappa shape index (κ1) is 14.1. The number of carbonyl (C=O) groups is 1. The van der Waals surface area contributed by atoms with Gasteiger partial charge in [0, 0.05) is 24.4 Å². The second-order valence-electron chi connectivity index (χ2n) is 5.65. The molecule has 0 radical (unpaired) electrons. The zero-order chi connectivity index (χ0) is 13.7. The van der Waals surface area contributed by atoms with Gasteiger partial charge in [-0.1, -0.05) is 6.42 Å². The largest absolute Gasteiger partial charge is 0.469 e. The van der Waals surface area contributed by atoms with Gasteiger partial charge in [0.25, 0.3) is 0 Å². The lowest BCUT2D eigenvalue weighted by molar-refractivity contribution is -0.126. The summed E-state index contributed by atoms with van der Waals surface area (Å²) in [7, 11) is 0. The lowest BCUT2D eigenvalue weighted by atomic mass is 9.85. The standard InChI is InChI=1S/C15H24N2O2/c1-11(7-8-14-6-3-9-19-14)17-15(18)12-4-2-5-13(16)10-12/h3,6,9,11-13H,2,4-5,7-8,10,16H2,1H3,(H,17,18). The molecule has 0 aromatic carbocycles. The van der Waals surface area contributed by atoms with Crippen molar-refractivity contribution in [2.45, 2.75) is 57.5 Å². The lowest BCUT2D eigenvalue weighted by Crippen LogP contribution is -2.41. The van der Waals surface area contributed by atoms with Crippen LogP contribution in [0.2, 0.25) is 0 Å². The highest BCUT2D eigenvalue weighted by Gasteiger charge is 2.25. The molecule has 1 aromatic rings. The van der Waals surface area contributed by atoms with Gasteiger partial charge in [0.05, 0.1) is 6.26 Å². The fourth-order valence-electron chi connectivity index (χ4n) is 2.71. The van der Waals surface area contributed by atoms with E-state index in [1.807, 2.05) is 19.1 Å². The van der Waals surface area contributed by atoms with Crippen molar-refractivity contribution in [2.24, 2.45) is 11.7 Å². The Bertz CT molecular complexity index is 389. The molecule has 1 aliphatic carbocycles. The number of aryl methyl sites for hydroxylation is 1. The molecule has 4 nitrogen and oxygen atoms in total. The Morgan fingerprint density at radius 1 is 1.58 bits per heavy atom. The highest BCUT2D eigenvalue weighted by atomic mass is 16.3. The average molecular weight is 264 g/mol. The number of furan rings is 1. The van der Waals surface area contributed by atoms with Crippen molar-refractivity contribution in [3.8, 4) is 0 Å². The lowest BCUT2D eigenvalue weighted by Gasteiger charge is -2.27. The van der Waals surface area contributed by atoms with Crippen molar-refractivity contribution < 1.29 is 9.21 Å². The molecule has 0 spiro atoms. The van der Waals surface area contributed by atoms with Gasteiger partial charge < -0.3 is 15.5 Å². The Morgan fingerprint density at radius 2 is 2.42 bits per heavy atom. The van der Waals surface area contributed by atoms with E-state index in [-0.39, 0.29) is 23.9 Å². The van der Waals surface area contributed by atoms with Crippen LogP contribution >= 0.6 is 0 Å². The molecule has 1 aromatic heterocycles. The number of hydrogen-bond acceptors (Lipinski definition) is 3. The Balaban J connectivity index is 1.72. The normalized spacial score (nSPS) is 24.9. The van der Waals surface area contributed by atoms with E-state index in [1.54, 1.807) is 6.26 Å². The summed E-state index contributed by atoms with van der Waals surface area (Å²) < 4.78 is 5.29. The number of carbonyl (C=O) groups excluding carboxylic acids is 1. The average Bonchev–Trinajstić information content (AvgIpc) is 2.89. The summed E-state index contributed by atoms with van der Waals surface area (Å²) in [5, 5.41) is 3.10. The predicted octanol–water partition coefficient (Wildman–Crippen LogP) is 2.23. The van der Waals surface area contributed by atoms with Gasteiger partial charge >= 0.3 is 0 Å². The maximum absolute atomic E-state index is 12.1. The molecule has 1 saturated carbocycles. The minimum Gasteiger partial charge on any atom is -0.469 e. The van der Waals surface area contributed by atoms with Crippen LogP contribution in [0.1, 0.15) is 44.8 Å². The molecule has 19 heavy (non-hydrogen) atoms. The van der Waals surface area contributed by atoms with Crippen molar-refractivity contribution in [1.29, 1.82) is 0 Å². The highest BCUT2D eigenvalue weighted by Crippen LogP contribution is 2.23. The molecule has 3 unspecified atom stereocenters. The minimum absolute atomic E-state index is 0.106. The number of nitrogens with two attached hydrogens (primary N) is 1. The van der Waals surface area contributed by atoms with Crippen LogP contribution in [0.4, 0.5) is 0 Å². The van der Waals surface area contributed by atoms with Gasteiger partial charge in [-0.05, 0) is 44.7 Å². The Labute approximate surface area is 114 Å². The fraction of sp³-hybridized carbons (Fsp3) is 0.667. The van der Waals surface area contributed by atoms with Crippen molar-refractivity contribution >= 4 is 5.91 Å². The first-order chi connectivity index (χ1) is 9.15. The third kappa shape index (κ3) is 4.39. The maximum atomic E-state index is 12.1. The molecule has 3 atom stereocenters. The third-order valence-corrected chi connectivity index (χ3v) is 3.88. The molecule has 1 heterocycles. The van der Waals surface area contributed by atoms with Crippen LogP contribution in [0.3, 0.4) is 0 Å². The smallest absolute Gasteiger partial charge is 0.223 e. The van der Waals surface area contributed by atoms with Crippen LogP contribution in [0.15, 0.2) is 22.8 Å². The summed E-state index contributed by atoms with van der Waals surface area (Å²) in [6.45, 7) is 2.05. The quantitative estimate of drug-likeness (QED) is 0.857. The van der Waals surface area contributed by atoms with E-state index >= 15 is 0 Å². The van der Waals surface area contributed by atoms with E-state index in [0.717, 1.165) is 44.3 Å². The molecule has 0 saturated heterocycles. The molecular formula is C15H24N2O2. The Kier molecular flexibility index (Phi) is 5.02. The van der Waals surface area contributed by atoms with E-state index in [1.165, 1.54) is 0 Å². The molecule has 2 rings (SSSR count). The summed E-state index contributed by atoms with van der Waals surface area (Å²) in [4.78, 5) is 12.1. The molecule has 1 amide bonds. The number of amides is 1. The maximum Gasteiger partial charge on any atom is 0.223 e. The van der Waals surface area contributed by atoms with Crippen LogP contribution in [-0.2, 0) is 11.2 Å². The second-order valence-corrected chi connectivity index (χ2v) is 5.65. The van der Waals surface area contributed by atoms with Gasteiger partial charge in [-0.15, -0.1) is 0 Å². The van der Waals surface area contributed by atoms with Crippen LogP contribution in [0.25, 0.3) is 0 Å². The zero-order valence-electron chi connectivity index (χ0n) is 11.6. The van der Waals surface area contributed by atoms with E-state index in [4.69, 9.17) is 10.2 Å². The Morgan fingerprint density at radius 3 is 3.11 bits per heavy atom. The molecular weight excluding hydrogens is 240 g/mol. The van der Waals surface area contributed by atoms with E-state index in [9.17, 15) is 4.79 Å². The first-order valence-corrected chi connectivity index (χ1v) is 7.23. The highest BCUT2D eigenvalue weighted by molar-refractivity contribution is 5.79. The number of rotatable bonds is 5. The minimum atomic E-state index is 0.106. The first-order valence-electron chi connectivity index (χ1n) is 7.23. The van der Waals surface area contributed by atoms with Gasteiger partial charge in [-0.25, -0.2) is 0 Å². The van der Waals surface area contributed by atoms with Crippen molar-refractivity contribution in [2.75, 3.05) is 0 Å². The van der Waals surface area contributed by atoms with Crippen molar-refractivity contribution in [1.82, 2.24) is 5.32 Å².